The van der Waals surface area contributed by atoms with Crippen LogP contribution in [0.2, 0.25) is 0 Å². The largest absolute Gasteiger partial charge is 0.507 e. The van der Waals surface area contributed by atoms with Crippen molar-refractivity contribution < 1.29 is 14.6 Å². The summed E-state index contributed by atoms with van der Waals surface area (Å²) in [4.78, 5) is 16.0. The van der Waals surface area contributed by atoms with E-state index in [0.29, 0.717) is 6.54 Å². The summed E-state index contributed by atoms with van der Waals surface area (Å²) in [7, 11) is 1.64. The van der Waals surface area contributed by atoms with Crippen molar-refractivity contribution in [3.8, 4) is 5.75 Å². The number of nitrogens with zero attached hydrogens (tertiary/aromatic N) is 1. The molecule has 0 aromatic heterocycles. The number of benzene rings is 1. The zero-order chi connectivity index (χ0) is 29.6. The number of methoxy groups -OCH3 is 1. The van der Waals surface area contributed by atoms with Gasteiger partial charge in [-0.25, -0.2) is 0 Å². The SMILES string of the molecule is C=C(/C=C(C)/C(C)=C/C(O)=C(\C=NCCC)C(C)=O)c1c(C)cccc1OC.C=CN.CC.CC(C)C. The lowest BCUT2D eigenvalue weighted by atomic mass is 9.97. The van der Waals surface area contributed by atoms with E-state index in [1.165, 1.54) is 19.3 Å². The second-order valence-electron chi connectivity index (χ2n) is 8.69. The van der Waals surface area contributed by atoms with Crippen LogP contribution in [-0.4, -0.2) is 30.8 Å². The highest BCUT2D eigenvalue weighted by atomic mass is 16.5. The molecule has 0 heterocycles. The van der Waals surface area contributed by atoms with Crippen molar-refractivity contribution >= 4 is 17.6 Å². The number of allylic oxidation sites excluding steroid dienone is 6. The Hall–Kier alpha value is -3.34. The molecule has 0 spiro atoms. The maximum absolute atomic E-state index is 11.8. The van der Waals surface area contributed by atoms with E-state index in [2.05, 4.69) is 44.7 Å². The molecule has 37 heavy (non-hydrogen) atoms. The van der Waals surface area contributed by atoms with Gasteiger partial charge in [-0.2, -0.15) is 0 Å². The fourth-order valence-electron chi connectivity index (χ4n) is 2.69. The predicted octanol–water partition coefficient (Wildman–Crippen LogP) is 8.57. The minimum absolute atomic E-state index is 0.0864. The molecule has 0 radical (unpaired) electrons. The monoisotopic (exact) mass is 512 g/mol. The Balaban J connectivity index is -0.00000112. The molecule has 0 atom stereocenters. The number of nitrogens with two attached hydrogens (primary N) is 1. The Morgan fingerprint density at radius 3 is 2.05 bits per heavy atom. The Morgan fingerprint density at radius 2 is 1.62 bits per heavy atom. The van der Waals surface area contributed by atoms with Gasteiger partial charge in [0.15, 0.2) is 5.78 Å². The van der Waals surface area contributed by atoms with Gasteiger partial charge in [0, 0.05) is 18.3 Å². The van der Waals surface area contributed by atoms with Crippen LogP contribution in [0.4, 0.5) is 0 Å². The lowest BCUT2D eigenvalue weighted by Crippen LogP contribution is -2.03. The molecule has 208 valence electrons. The quantitative estimate of drug-likeness (QED) is 0.150. The van der Waals surface area contributed by atoms with Gasteiger partial charge in [0.05, 0.1) is 12.7 Å². The number of Topliss-reactive ketones (excluding diaryl/α,β-unsaturated/α-hetero) is 1. The molecule has 1 rings (SSSR count). The summed E-state index contributed by atoms with van der Waals surface area (Å²) >= 11 is 0. The molecule has 1 aromatic rings. The molecule has 3 N–H and O–H groups in total. The Bertz CT molecular complexity index is 946. The van der Waals surface area contributed by atoms with Crippen LogP contribution in [0.15, 0.2) is 77.2 Å². The number of carbonyl (C=O) groups is 1. The molecule has 1 aromatic carbocycles. The van der Waals surface area contributed by atoms with Crippen LogP contribution in [0.25, 0.3) is 5.57 Å². The zero-order valence-electron chi connectivity index (χ0n) is 25.2. The number of hydrogen-bond donors (Lipinski definition) is 2. The van der Waals surface area contributed by atoms with Crippen LogP contribution in [0, 0.1) is 12.8 Å². The predicted molar refractivity (Wildman–Crippen MR) is 165 cm³/mol. The number of ketones is 1. The summed E-state index contributed by atoms with van der Waals surface area (Å²) < 4.78 is 5.45. The smallest absolute Gasteiger partial charge is 0.165 e. The van der Waals surface area contributed by atoms with E-state index >= 15 is 0 Å². The molecule has 5 heteroatoms. The minimum Gasteiger partial charge on any atom is -0.507 e. The first-order chi connectivity index (χ1) is 17.4. The van der Waals surface area contributed by atoms with Gasteiger partial charge in [0.25, 0.3) is 0 Å². The van der Waals surface area contributed by atoms with Crippen LogP contribution in [0.3, 0.4) is 0 Å². The average Bonchev–Trinajstić information content (AvgIpc) is 2.82. The number of hydrogen-bond acceptors (Lipinski definition) is 5. The van der Waals surface area contributed by atoms with E-state index in [4.69, 9.17) is 4.74 Å². The highest BCUT2D eigenvalue weighted by Crippen LogP contribution is 2.30. The molecular weight excluding hydrogens is 460 g/mol. The number of aliphatic imine (C=N–C) groups is 1. The molecule has 0 saturated carbocycles. The number of aliphatic hydroxyl groups excluding tert-OH is 1. The first kappa shape index (κ1) is 38.2. The molecule has 0 bridgehead atoms. The van der Waals surface area contributed by atoms with E-state index in [1.54, 1.807) is 13.2 Å². The third kappa shape index (κ3) is 17.7. The molecule has 5 nitrogen and oxygen atoms in total. The van der Waals surface area contributed by atoms with E-state index in [0.717, 1.165) is 45.9 Å². The molecule has 0 saturated heterocycles. The fraction of sp³-hybridized carbons (Fsp3) is 0.438. The summed E-state index contributed by atoms with van der Waals surface area (Å²) in [6.45, 7) is 27.7. The van der Waals surface area contributed by atoms with E-state index in [1.807, 2.05) is 65.8 Å². The average molecular weight is 513 g/mol. The summed E-state index contributed by atoms with van der Waals surface area (Å²) in [6.07, 6.45) is 7.11. The summed E-state index contributed by atoms with van der Waals surface area (Å²) in [5.41, 5.74) is 9.42. The van der Waals surface area contributed by atoms with Crippen molar-refractivity contribution in [2.24, 2.45) is 16.6 Å². The van der Waals surface area contributed by atoms with Gasteiger partial charge in [0.1, 0.15) is 11.5 Å². The van der Waals surface area contributed by atoms with Crippen molar-refractivity contribution in [1.29, 1.82) is 0 Å². The molecule has 0 fully saturated rings. The van der Waals surface area contributed by atoms with Gasteiger partial charge in [-0.15, -0.1) is 0 Å². The maximum atomic E-state index is 11.8. The molecule has 0 unspecified atom stereocenters. The highest BCUT2D eigenvalue weighted by molar-refractivity contribution is 6.12. The van der Waals surface area contributed by atoms with Gasteiger partial charge in [-0.05, 0) is 80.7 Å². The topological polar surface area (TPSA) is 84.9 Å². The van der Waals surface area contributed by atoms with Gasteiger partial charge >= 0.3 is 0 Å². The van der Waals surface area contributed by atoms with Crippen LogP contribution < -0.4 is 10.5 Å². The molecule has 0 aliphatic carbocycles. The van der Waals surface area contributed by atoms with Crippen molar-refractivity contribution in [3.63, 3.8) is 0 Å². The zero-order valence-corrected chi connectivity index (χ0v) is 25.2. The fourth-order valence-corrected chi connectivity index (χ4v) is 2.69. The third-order valence-corrected chi connectivity index (χ3v) is 4.37. The molecular formula is C32H52N2O3. The van der Waals surface area contributed by atoms with Gasteiger partial charge in [-0.1, -0.05) is 72.9 Å². The lowest BCUT2D eigenvalue weighted by Gasteiger charge is -2.13. The number of carbonyl (C=O) groups excluding carboxylic acids is 1. The van der Waals surface area contributed by atoms with Crippen molar-refractivity contribution in [1.82, 2.24) is 0 Å². The minimum atomic E-state index is -0.225. The highest BCUT2D eigenvalue weighted by Gasteiger charge is 2.10. The molecule has 0 amide bonds. The van der Waals surface area contributed by atoms with Gasteiger partial charge in [-0.3, -0.25) is 9.79 Å². The number of aryl methyl sites for hydroxylation is 1. The van der Waals surface area contributed by atoms with Crippen LogP contribution in [0.1, 0.15) is 79.9 Å². The van der Waals surface area contributed by atoms with Crippen LogP contribution in [0.5, 0.6) is 5.75 Å². The number of aliphatic hydroxyl groups is 1. The summed E-state index contributed by atoms with van der Waals surface area (Å²) in [5, 5.41) is 10.4. The van der Waals surface area contributed by atoms with Crippen molar-refractivity contribution in [3.05, 3.63) is 83.3 Å². The second kappa shape index (κ2) is 23.1. The second-order valence-corrected chi connectivity index (χ2v) is 8.69. The van der Waals surface area contributed by atoms with Gasteiger partial charge < -0.3 is 15.6 Å². The van der Waals surface area contributed by atoms with Crippen molar-refractivity contribution in [2.75, 3.05) is 13.7 Å². The standard InChI is InChI=1S/C24H31NO3.C4H10.C2H5N.C2H6/c1-8-12-25-15-21(20(6)26)22(27)14-18(4)17(3)13-19(5)24-16(2)10-9-11-23(24)28-7;1-4(2)3;1-2-3;1-2/h9-11,13-15,27H,5,8,12H2,1-4,6-7H3;4H,1-3H3;2H,1,3H2;1-2H3/b17-13+,18-14+,22-21-,25-15?;;;. The molecule has 0 aliphatic rings. The third-order valence-electron chi connectivity index (χ3n) is 4.37. The first-order valence-electron chi connectivity index (χ1n) is 12.8. The number of ether oxygens (including phenoxy) is 1. The van der Waals surface area contributed by atoms with E-state index < -0.39 is 0 Å². The summed E-state index contributed by atoms with van der Waals surface area (Å²) in [6, 6.07) is 5.86. The Kier molecular flexibility index (Phi) is 23.8. The van der Waals surface area contributed by atoms with Crippen LogP contribution in [-0.2, 0) is 4.79 Å². The Labute approximate surface area is 227 Å². The maximum Gasteiger partial charge on any atom is 0.165 e. The van der Waals surface area contributed by atoms with Crippen molar-refractivity contribution in [2.45, 2.75) is 75.7 Å². The molecule has 0 aliphatic heterocycles. The lowest BCUT2D eigenvalue weighted by molar-refractivity contribution is -0.113. The van der Waals surface area contributed by atoms with E-state index in [9.17, 15) is 9.90 Å². The van der Waals surface area contributed by atoms with Gasteiger partial charge in [0.2, 0.25) is 0 Å². The normalized spacial score (nSPS) is 11.7. The van der Waals surface area contributed by atoms with E-state index in [-0.39, 0.29) is 17.1 Å². The summed E-state index contributed by atoms with van der Waals surface area (Å²) in [5.74, 6) is 1.29. The first-order valence-corrected chi connectivity index (χ1v) is 12.8. The van der Waals surface area contributed by atoms with Crippen LogP contribution >= 0.6 is 0 Å². The number of rotatable bonds is 9. The Morgan fingerprint density at radius 1 is 1.14 bits per heavy atom.